The largest absolute Gasteiger partial charge is 1.00 e. The number of nitrogens with zero attached hydrogens (tertiary/aromatic N) is 1. The van der Waals surface area contributed by atoms with E-state index in [1.807, 2.05) is 0 Å². The van der Waals surface area contributed by atoms with Crippen molar-refractivity contribution in [2.75, 3.05) is 65.9 Å². The SMILES string of the molecule is CCCCCCCCCCCCCCCCCCCCCCC(=O)OCC(COC(=O)CCCCCCCCCCCCCCCCCCCCCC)OC(=O)COCCN(CCCC)CCOCCOS(=O)(=O)[O-].[Na+]. The van der Waals surface area contributed by atoms with E-state index in [0.29, 0.717) is 19.7 Å². The fraction of sp³-hybridized carbons (Fsp3) is 0.951. The Morgan fingerprint density at radius 3 is 1.00 bits per heavy atom. The van der Waals surface area contributed by atoms with Crippen molar-refractivity contribution < 1.29 is 84.8 Å². The van der Waals surface area contributed by atoms with Gasteiger partial charge in [-0.1, -0.05) is 271 Å². The first-order chi connectivity index (χ1) is 36.6. The number of hydrogen-bond acceptors (Lipinski definition) is 13. The summed E-state index contributed by atoms with van der Waals surface area (Å²) >= 11 is 0. The molecule has 0 aliphatic carbocycles. The van der Waals surface area contributed by atoms with Crippen LogP contribution in [0, 0.1) is 0 Å². The second kappa shape index (κ2) is 61.8. The molecule has 0 amide bonds. The Hall–Kier alpha value is -0.840. The molecule has 0 aromatic rings. The molecule has 0 saturated heterocycles. The second-order valence-electron chi connectivity index (χ2n) is 21.5. The molecule has 0 radical (unpaired) electrons. The third-order valence-electron chi connectivity index (χ3n) is 14.2. The molecule has 0 atom stereocenters. The van der Waals surface area contributed by atoms with Crippen LogP contribution in [0.1, 0.15) is 303 Å². The van der Waals surface area contributed by atoms with Gasteiger partial charge in [0.15, 0.2) is 6.10 Å². The van der Waals surface area contributed by atoms with Gasteiger partial charge in [0.25, 0.3) is 0 Å². The van der Waals surface area contributed by atoms with Crippen molar-refractivity contribution in [2.24, 2.45) is 0 Å². The van der Waals surface area contributed by atoms with Crippen molar-refractivity contribution in [3.8, 4) is 0 Å². The predicted molar refractivity (Wildman–Crippen MR) is 306 cm³/mol. The molecule has 0 N–H and O–H groups in total. The fourth-order valence-corrected chi connectivity index (χ4v) is 9.73. The van der Waals surface area contributed by atoms with Crippen LogP contribution in [0.25, 0.3) is 0 Å². The minimum absolute atomic E-state index is 0. The second-order valence-corrected chi connectivity index (χ2v) is 22.6. The molecule has 15 heteroatoms. The van der Waals surface area contributed by atoms with Gasteiger partial charge >= 0.3 is 47.5 Å². The van der Waals surface area contributed by atoms with E-state index in [1.165, 1.54) is 218 Å². The maximum atomic E-state index is 12.9. The molecule has 76 heavy (non-hydrogen) atoms. The van der Waals surface area contributed by atoms with Crippen LogP contribution < -0.4 is 29.6 Å². The van der Waals surface area contributed by atoms with Crippen LogP contribution >= 0.6 is 0 Å². The summed E-state index contributed by atoms with van der Waals surface area (Å²) < 4.78 is 63.7. The first-order valence-corrected chi connectivity index (χ1v) is 32.9. The zero-order valence-electron chi connectivity index (χ0n) is 50.0. The van der Waals surface area contributed by atoms with Gasteiger partial charge in [0.05, 0.1) is 26.4 Å². The summed E-state index contributed by atoms with van der Waals surface area (Å²) in [4.78, 5) is 40.5. The summed E-state index contributed by atoms with van der Waals surface area (Å²) in [5.74, 6) is -1.36. The predicted octanol–water partition coefficient (Wildman–Crippen LogP) is 13.0. The summed E-state index contributed by atoms with van der Waals surface area (Å²) in [6.07, 6.45) is 53.3. The first-order valence-electron chi connectivity index (χ1n) is 31.6. The summed E-state index contributed by atoms with van der Waals surface area (Å²) in [6.45, 7) is 7.90. The van der Waals surface area contributed by atoms with Crippen LogP contribution in [0.3, 0.4) is 0 Å². The molecule has 0 unspecified atom stereocenters. The van der Waals surface area contributed by atoms with Crippen LogP contribution in [0.4, 0.5) is 0 Å². The van der Waals surface area contributed by atoms with Crippen LogP contribution in [0.5, 0.6) is 0 Å². The van der Waals surface area contributed by atoms with E-state index < -0.39 is 22.5 Å². The Kier molecular flexibility index (Phi) is 62.8. The molecule has 0 aromatic carbocycles. The number of carbonyl (C=O) groups is 3. The zero-order chi connectivity index (χ0) is 54.8. The Labute approximate surface area is 490 Å². The van der Waals surface area contributed by atoms with Crippen molar-refractivity contribution in [1.82, 2.24) is 4.90 Å². The van der Waals surface area contributed by atoms with Gasteiger partial charge in [0, 0.05) is 25.9 Å². The van der Waals surface area contributed by atoms with Crippen molar-refractivity contribution in [2.45, 2.75) is 309 Å². The number of esters is 3. The van der Waals surface area contributed by atoms with E-state index in [0.717, 1.165) is 57.9 Å². The quantitative estimate of drug-likeness (QED) is 0.0141. The Morgan fingerprint density at radius 1 is 0.382 bits per heavy atom. The molecule has 0 heterocycles. The van der Waals surface area contributed by atoms with E-state index in [2.05, 4.69) is 29.9 Å². The monoisotopic (exact) mass is 1110 g/mol. The van der Waals surface area contributed by atoms with Crippen LogP contribution in [0.15, 0.2) is 0 Å². The summed E-state index contributed by atoms with van der Waals surface area (Å²) in [5.41, 5.74) is 0. The zero-order valence-corrected chi connectivity index (χ0v) is 52.8. The topological polar surface area (TPSA) is 167 Å². The van der Waals surface area contributed by atoms with Crippen LogP contribution in [0.2, 0.25) is 0 Å². The maximum absolute atomic E-state index is 12.9. The van der Waals surface area contributed by atoms with Crippen LogP contribution in [-0.2, 0) is 52.7 Å². The molecule has 0 aliphatic heterocycles. The van der Waals surface area contributed by atoms with E-state index in [4.69, 9.17) is 23.7 Å². The first kappa shape index (κ1) is 77.2. The van der Waals surface area contributed by atoms with Crippen molar-refractivity contribution in [1.29, 1.82) is 0 Å². The van der Waals surface area contributed by atoms with Crippen molar-refractivity contribution in [3.63, 3.8) is 0 Å². The molecule has 13 nitrogen and oxygen atoms in total. The van der Waals surface area contributed by atoms with Gasteiger partial charge in [-0.15, -0.1) is 0 Å². The van der Waals surface area contributed by atoms with E-state index >= 15 is 0 Å². The van der Waals surface area contributed by atoms with E-state index in [-0.39, 0.29) is 94.0 Å². The molecule has 0 fully saturated rings. The van der Waals surface area contributed by atoms with Gasteiger partial charge in [-0.2, -0.15) is 0 Å². The fourth-order valence-electron chi connectivity index (χ4n) is 9.46. The Balaban J connectivity index is 0. The normalized spacial score (nSPS) is 11.7. The van der Waals surface area contributed by atoms with Gasteiger partial charge in [0.2, 0.25) is 10.4 Å². The summed E-state index contributed by atoms with van der Waals surface area (Å²) in [5, 5.41) is 0. The molecule has 0 bridgehead atoms. The number of hydrogen-bond donors (Lipinski definition) is 0. The number of unbranched alkanes of at least 4 members (excludes halogenated alkanes) is 39. The number of rotatable bonds is 62. The van der Waals surface area contributed by atoms with Crippen molar-refractivity contribution in [3.05, 3.63) is 0 Å². The molecule has 0 spiro atoms. The number of ether oxygens (including phenoxy) is 5. The number of carbonyl (C=O) groups excluding carboxylic acids is 3. The van der Waals surface area contributed by atoms with Gasteiger partial charge in [-0.05, 0) is 25.8 Å². The maximum Gasteiger partial charge on any atom is 1.00 e. The van der Waals surface area contributed by atoms with Crippen LogP contribution in [-0.4, -0.2) is 108 Å². The standard InChI is InChI=1S/C61H119NO12S.Na/c1-4-7-10-12-14-16-18-20-22-24-26-28-30-32-34-36-38-40-42-44-46-59(63)71-55-58(74-61(65)57-70-52-50-62(48-9-6-3)49-51-69-53-54-73-75(66,67)68)56-72-60(64)47-45-43-41-39-37-35-33-31-29-27-25-23-21-19-17-15-13-11-8-5-2;/h58H,4-57H2,1-3H3,(H,66,67,68);/q;+1/p-1. The molecule has 0 aliphatic rings. The van der Waals surface area contributed by atoms with Crippen molar-refractivity contribution >= 4 is 28.3 Å². The van der Waals surface area contributed by atoms with Gasteiger partial charge in [-0.3, -0.25) is 18.7 Å². The van der Waals surface area contributed by atoms with Gasteiger partial charge in [-0.25, -0.2) is 13.2 Å². The van der Waals surface area contributed by atoms with Gasteiger partial charge < -0.3 is 28.2 Å². The summed E-state index contributed by atoms with van der Waals surface area (Å²) in [7, 11) is -4.75. The minimum atomic E-state index is -4.75. The van der Waals surface area contributed by atoms with Gasteiger partial charge in [0.1, 0.15) is 19.8 Å². The smallest absolute Gasteiger partial charge is 0.726 e. The average molecular weight is 1110 g/mol. The third-order valence-corrected chi connectivity index (χ3v) is 14.7. The third kappa shape index (κ3) is 62.4. The minimum Gasteiger partial charge on any atom is -0.726 e. The molecule has 0 aromatic heterocycles. The molecule has 0 rings (SSSR count). The molecular formula is C61H118NNaO12S. The van der Waals surface area contributed by atoms with E-state index in [1.54, 1.807) is 0 Å². The average Bonchev–Trinajstić information content (AvgIpc) is 3.39. The Morgan fingerprint density at radius 2 is 0.684 bits per heavy atom. The molecular weight excluding hydrogens is 994 g/mol. The molecule has 0 saturated carbocycles. The summed E-state index contributed by atoms with van der Waals surface area (Å²) in [6, 6.07) is 0. The molecule has 446 valence electrons. The van der Waals surface area contributed by atoms with E-state index in [9.17, 15) is 27.4 Å². The Bertz CT molecular complexity index is 1280.